The highest BCUT2D eigenvalue weighted by Crippen LogP contribution is 2.33. The predicted molar refractivity (Wildman–Crippen MR) is 121 cm³/mol. The van der Waals surface area contributed by atoms with Crippen LogP contribution in [0.15, 0.2) is 52.4 Å². The Hall–Kier alpha value is -3.27. The molecule has 2 aromatic carbocycles. The molecular weight excluding hydrogens is 435 g/mol. The zero-order valence-electron chi connectivity index (χ0n) is 17.3. The van der Waals surface area contributed by atoms with Gasteiger partial charge in [0.25, 0.3) is 5.56 Å². The Morgan fingerprint density at radius 1 is 1.28 bits per heavy atom. The van der Waals surface area contributed by atoms with Crippen LogP contribution >= 0.6 is 11.8 Å². The Kier molecular flexibility index (Phi) is 6.22. The summed E-state index contributed by atoms with van der Waals surface area (Å²) in [6.45, 7) is 1.66. The number of fused-ring (bicyclic) bond motifs is 1. The van der Waals surface area contributed by atoms with Crippen molar-refractivity contribution in [2.24, 2.45) is 0 Å². The third-order valence-corrected chi connectivity index (χ3v) is 6.59. The smallest absolute Gasteiger partial charge is 0.306 e. The highest BCUT2D eigenvalue weighted by molar-refractivity contribution is 8.00. The summed E-state index contributed by atoms with van der Waals surface area (Å²) in [4.78, 5) is 40.7. The van der Waals surface area contributed by atoms with E-state index in [1.165, 1.54) is 6.07 Å². The van der Waals surface area contributed by atoms with E-state index in [4.69, 9.17) is 0 Å². The minimum atomic E-state index is -0.976. The predicted octanol–water partition coefficient (Wildman–Crippen LogP) is 4.68. The molecule has 0 spiro atoms. The fraction of sp³-hybridized carbons (Fsp3) is 0.318. The number of para-hydroxylation sites is 1. The van der Waals surface area contributed by atoms with Gasteiger partial charge < -0.3 is 5.32 Å². The van der Waals surface area contributed by atoms with E-state index in [1.54, 1.807) is 35.8 Å². The van der Waals surface area contributed by atoms with Gasteiger partial charge in [0.1, 0.15) is 0 Å². The van der Waals surface area contributed by atoms with Crippen molar-refractivity contribution in [3.63, 3.8) is 0 Å². The summed E-state index contributed by atoms with van der Waals surface area (Å²) in [7, 11) is 0. The second kappa shape index (κ2) is 9.07. The topological polar surface area (TPSA) is 107 Å². The number of nitrogens with zero attached hydrogens (tertiary/aromatic N) is 3. The van der Waals surface area contributed by atoms with E-state index in [0.29, 0.717) is 16.1 Å². The number of thioether (sulfide) groups is 1. The molecule has 166 valence electrons. The summed E-state index contributed by atoms with van der Waals surface area (Å²) >= 11 is 1.16. The number of nitro benzene ring substituents is 1. The molecule has 0 bridgehead atoms. The van der Waals surface area contributed by atoms with Crippen LogP contribution in [-0.4, -0.2) is 25.6 Å². The van der Waals surface area contributed by atoms with Gasteiger partial charge in [-0.1, -0.05) is 36.7 Å². The van der Waals surface area contributed by atoms with Crippen LogP contribution in [-0.2, 0) is 4.79 Å². The largest absolute Gasteiger partial charge is 0.325 e. The highest BCUT2D eigenvalue weighted by Gasteiger charge is 2.26. The van der Waals surface area contributed by atoms with Crippen LogP contribution in [0.3, 0.4) is 0 Å². The minimum absolute atomic E-state index is 0.0390. The van der Waals surface area contributed by atoms with E-state index in [2.05, 4.69) is 10.3 Å². The van der Waals surface area contributed by atoms with Crippen LogP contribution in [0.1, 0.15) is 38.6 Å². The molecule has 0 saturated heterocycles. The zero-order chi connectivity index (χ0) is 22.8. The van der Waals surface area contributed by atoms with E-state index in [-0.39, 0.29) is 17.3 Å². The first-order chi connectivity index (χ1) is 15.3. The fourth-order valence-electron chi connectivity index (χ4n) is 3.88. The van der Waals surface area contributed by atoms with Gasteiger partial charge in [0.05, 0.1) is 21.1 Å². The van der Waals surface area contributed by atoms with Gasteiger partial charge in [-0.2, -0.15) is 4.39 Å². The van der Waals surface area contributed by atoms with Gasteiger partial charge in [0, 0.05) is 17.8 Å². The fourth-order valence-corrected chi connectivity index (χ4v) is 4.86. The van der Waals surface area contributed by atoms with Gasteiger partial charge in [0.2, 0.25) is 11.7 Å². The number of rotatable bonds is 6. The van der Waals surface area contributed by atoms with E-state index < -0.39 is 27.6 Å². The molecule has 1 aliphatic carbocycles. The molecule has 3 aromatic rings. The third-order valence-electron chi connectivity index (χ3n) is 5.53. The highest BCUT2D eigenvalue weighted by atomic mass is 32.2. The molecule has 4 rings (SSSR count). The molecule has 1 N–H and O–H groups in total. The van der Waals surface area contributed by atoms with Crippen molar-refractivity contribution in [3.8, 4) is 0 Å². The normalized spacial score (nSPS) is 15.1. The molecule has 1 atom stereocenters. The van der Waals surface area contributed by atoms with Crippen molar-refractivity contribution in [1.29, 1.82) is 0 Å². The molecule has 10 heteroatoms. The van der Waals surface area contributed by atoms with Crippen LogP contribution < -0.4 is 10.9 Å². The third kappa shape index (κ3) is 4.36. The van der Waals surface area contributed by atoms with Gasteiger partial charge in [-0.3, -0.25) is 24.3 Å². The van der Waals surface area contributed by atoms with Crippen molar-refractivity contribution >= 4 is 39.9 Å². The van der Waals surface area contributed by atoms with Crippen molar-refractivity contribution in [2.75, 3.05) is 5.32 Å². The average Bonchev–Trinajstić information content (AvgIpc) is 3.29. The number of amides is 1. The number of nitro groups is 1. The monoisotopic (exact) mass is 456 g/mol. The maximum atomic E-state index is 13.6. The van der Waals surface area contributed by atoms with E-state index >= 15 is 0 Å². The van der Waals surface area contributed by atoms with Crippen molar-refractivity contribution in [2.45, 2.75) is 49.1 Å². The lowest BCUT2D eigenvalue weighted by Gasteiger charge is -2.20. The molecule has 8 nitrogen and oxygen atoms in total. The Morgan fingerprint density at radius 2 is 2.00 bits per heavy atom. The molecule has 1 unspecified atom stereocenters. The van der Waals surface area contributed by atoms with E-state index in [1.807, 2.05) is 0 Å². The Bertz CT molecular complexity index is 1260. The molecule has 1 heterocycles. The lowest BCUT2D eigenvalue weighted by Crippen LogP contribution is -2.29. The Balaban J connectivity index is 1.62. The molecule has 0 aliphatic heterocycles. The second-order valence-electron chi connectivity index (χ2n) is 7.70. The Labute approximate surface area is 187 Å². The Morgan fingerprint density at radius 3 is 2.72 bits per heavy atom. The average molecular weight is 456 g/mol. The van der Waals surface area contributed by atoms with Crippen LogP contribution in [0, 0.1) is 15.9 Å². The summed E-state index contributed by atoms with van der Waals surface area (Å²) in [6.07, 6.45) is 3.83. The molecule has 1 saturated carbocycles. The number of hydrogen-bond acceptors (Lipinski definition) is 6. The van der Waals surface area contributed by atoms with Gasteiger partial charge in [0.15, 0.2) is 5.16 Å². The number of carbonyl (C=O) groups is 1. The number of anilines is 1. The zero-order valence-corrected chi connectivity index (χ0v) is 18.1. The van der Waals surface area contributed by atoms with Crippen LogP contribution in [0.2, 0.25) is 0 Å². The van der Waals surface area contributed by atoms with Gasteiger partial charge in [-0.15, -0.1) is 0 Å². The van der Waals surface area contributed by atoms with Gasteiger partial charge in [-0.05, 0) is 44.0 Å². The quantitative estimate of drug-likeness (QED) is 0.250. The molecule has 32 heavy (non-hydrogen) atoms. The number of nitrogens with one attached hydrogen (secondary N) is 1. The first kappa shape index (κ1) is 21.9. The van der Waals surface area contributed by atoms with Gasteiger partial charge >= 0.3 is 5.69 Å². The molecule has 1 fully saturated rings. The van der Waals surface area contributed by atoms with E-state index in [0.717, 1.165) is 49.6 Å². The number of aromatic nitrogens is 2. The van der Waals surface area contributed by atoms with Crippen molar-refractivity contribution in [1.82, 2.24) is 9.55 Å². The second-order valence-corrected chi connectivity index (χ2v) is 9.01. The van der Waals surface area contributed by atoms with Crippen LogP contribution in [0.25, 0.3) is 10.9 Å². The lowest BCUT2D eigenvalue weighted by atomic mass is 10.2. The summed E-state index contributed by atoms with van der Waals surface area (Å²) < 4.78 is 15.3. The number of halogens is 1. The molecule has 1 aliphatic rings. The molecular formula is C22H21FN4O4S. The number of hydrogen-bond donors (Lipinski definition) is 1. The summed E-state index contributed by atoms with van der Waals surface area (Å²) in [5, 5.41) is 13.9. The van der Waals surface area contributed by atoms with Crippen molar-refractivity contribution in [3.05, 3.63) is 68.7 Å². The summed E-state index contributed by atoms with van der Waals surface area (Å²) in [5.74, 6) is -1.41. The maximum absolute atomic E-state index is 13.6. The maximum Gasteiger partial charge on any atom is 0.306 e. The van der Waals surface area contributed by atoms with Crippen LogP contribution in [0.5, 0.6) is 0 Å². The molecule has 1 aromatic heterocycles. The number of carbonyl (C=O) groups excluding carboxylic acids is 1. The first-order valence-electron chi connectivity index (χ1n) is 10.3. The van der Waals surface area contributed by atoms with Crippen molar-refractivity contribution < 1.29 is 14.1 Å². The van der Waals surface area contributed by atoms with Gasteiger partial charge in [-0.25, -0.2) is 4.98 Å². The summed E-state index contributed by atoms with van der Waals surface area (Å²) in [6, 6.07) is 10.3. The summed E-state index contributed by atoms with van der Waals surface area (Å²) in [5.41, 5.74) is -0.146. The molecule has 0 radical (unpaired) electrons. The lowest BCUT2D eigenvalue weighted by molar-refractivity contribution is -0.387. The standard InChI is InChI=1S/C22H21FN4O4S/c1-13(20(28)24-14-10-11-17(23)19(12-14)27(30)31)32-22-25-18-9-5-4-8-16(18)21(29)26(22)15-6-2-3-7-15/h4-5,8-13,15H,2-3,6-7H2,1H3,(H,24,28). The van der Waals surface area contributed by atoms with E-state index in [9.17, 15) is 24.1 Å². The van der Waals surface area contributed by atoms with Crippen LogP contribution in [0.4, 0.5) is 15.8 Å². The number of benzene rings is 2. The first-order valence-corrected chi connectivity index (χ1v) is 11.2. The molecule has 1 amide bonds. The minimum Gasteiger partial charge on any atom is -0.325 e. The SMILES string of the molecule is CC(Sc1nc2ccccc2c(=O)n1C1CCCC1)C(=O)Nc1ccc(F)c([N+](=O)[O-])c1.